The normalized spacial score (nSPS) is 19.3. The molecule has 1 rings (SSSR count). The van der Waals surface area contributed by atoms with Crippen LogP contribution in [0.15, 0.2) is 12.3 Å². The zero-order valence-electron chi connectivity index (χ0n) is 6.54. The van der Waals surface area contributed by atoms with Gasteiger partial charge in [-0.05, 0) is 31.4 Å². The van der Waals surface area contributed by atoms with Gasteiger partial charge in [0.05, 0.1) is 4.88 Å². The number of halogens is 1. The highest BCUT2D eigenvalue weighted by atomic mass is 32.1. The van der Waals surface area contributed by atoms with Crippen molar-refractivity contribution in [1.29, 1.82) is 0 Å². The summed E-state index contributed by atoms with van der Waals surface area (Å²) in [5, 5.41) is 0. The van der Waals surface area contributed by atoms with E-state index in [0.29, 0.717) is 4.88 Å². The van der Waals surface area contributed by atoms with Crippen LogP contribution in [0.1, 0.15) is 18.7 Å². The number of nitrogens with zero attached hydrogens (tertiary/aromatic N) is 1. The van der Waals surface area contributed by atoms with Gasteiger partial charge in [-0.2, -0.15) is 0 Å². The molecule has 0 radical (unpaired) electrons. The number of rotatable bonds is 2. The van der Waals surface area contributed by atoms with Gasteiger partial charge in [0.1, 0.15) is 0 Å². The zero-order chi connectivity index (χ0) is 8.48. The molecule has 2 nitrogen and oxygen atoms in total. The van der Waals surface area contributed by atoms with Crippen LogP contribution in [0, 0.1) is 0 Å². The van der Waals surface area contributed by atoms with Crippen LogP contribution in [0.3, 0.4) is 0 Å². The van der Waals surface area contributed by atoms with E-state index in [1.807, 2.05) is 0 Å². The molecule has 2 N–H and O–H groups in total. The van der Waals surface area contributed by atoms with Crippen molar-refractivity contribution in [2.75, 3.05) is 0 Å². The van der Waals surface area contributed by atoms with Gasteiger partial charge in [-0.15, -0.1) is 0 Å². The third kappa shape index (κ3) is 1.57. The number of nitrogens with two attached hydrogens (primary N) is 1. The van der Waals surface area contributed by atoms with Gasteiger partial charge < -0.3 is 5.73 Å². The lowest BCUT2D eigenvalue weighted by Crippen LogP contribution is -2.36. The van der Waals surface area contributed by atoms with Gasteiger partial charge in [-0.3, -0.25) is 0 Å². The SMILES string of the molecule is CC(N)C(C)(F)c1ccns1. The first-order valence-electron chi connectivity index (χ1n) is 3.41. The van der Waals surface area contributed by atoms with Gasteiger partial charge in [-0.25, -0.2) is 8.76 Å². The molecule has 1 heterocycles. The second-order valence-electron chi connectivity index (χ2n) is 2.74. The van der Waals surface area contributed by atoms with Crippen LogP contribution in [-0.2, 0) is 5.67 Å². The lowest BCUT2D eigenvalue weighted by molar-refractivity contribution is 0.163. The first-order valence-corrected chi connectivity index (χ1v) is 4.18. The van der Waals surface area contributed by atoms with E-state index in [0.717, 1.165) is 11.5 Å². The van der Waals surface area contributed by atoms with E-state index < -0.39 is 11.7 Å². The predicted octanol–water partition coefficient (Wildman–Crippen LogP) is 1.68. The minimum atomic E-state index is -1.44. The van der Waals surface area contributed by atoms with Crippen LogP contribution in [0.25, 0.3) is 0 Å². The molecule has 0 aromatic carbocycles. The highest BCUT2D eigenvalue weighted by Gasteiger charge is 2.31. The maximum absolute atomic E-state index is 13.6. The van der Waals surface area contributed by atoms with E-state index in [4.69, 9.17) is 5.73 Å². The number of hydrogen-bond donors (Lipinski definition) is 1. The van der Waals surface area contributed by atoms with E-state index in [-0.39, 0.29) is 0 Å². The van der Waals surface area contributed by atoms with E-state index in [9.17, 15) is 4.39 Å². The fourth-order valence-electron chi connectivity index (χ4n) is 0.692. The number of hydrogen-bond acceptors (Lipinski definition) is 3. The van der Waals surface area contributed by atoms with Crippen LogP contribution in [0.2, 0.25) is 0 Å². The molecule has 2 atom stereocenters. The van der Waals surface area contributed by atoms with E-state index in [1.54, 1.807) is 19.2 Å². The summed E-state index contributed by atoms with van der Waals surface area (Å²) in [6.07, 6.45) is 1.58. The Morgan fingerprint density at radius 2 is 2.45 bits per heavy atom. The molecule has 0 aliphatic rings. The van der Waals surface area contributed by atoms with E-state index in [1.165, 1.54) is 6.92 Å². The lowest BCUT2D eigenvalue weighted by atomic mass is 9.99. The largest absolute Gasteiger partial charge is 0.325 e. The van der Waals surface area contributed by atoms with Crippen molar-refractivity contribution >= 4 is 11.5 Å². The fraction of sp³-hybridized carbons (Fsp3) is 0.571. The third-order valence-electron chi connectivity index (χ3n) is 1.77. The lowest BCUT2D eigenvalue weighted by Gasteiger charge is -2.22. The van der Waals surface area contributed by atoms with Crippen molar-refractivity contribution in [3.63, 3.8) is 0 Å². The highest BCUT2D eigenvalue weighted by Crippen LogP contribution is 2.30. The molecule has 2 unspecified atom stereocenters. The van der Waals surface area contributed by atoms with Gasteiger partial charge in [0, 0.05) is 12.2 Å². The molecule has 0 aliphatic carbocycles. The Kier molecular flexibility index (Phi) is 2.25. The number of aromatic nitrogens is 1. The second-order valence-corrected chi connectivity index (χ2v) is 3.57. The summed E-state index contributed by atoms with van der Waals surface area (Å²) in [5.41, 5.74) is 4.02. The number of alkyl halides is 1. The molecule has 1 aromatic heterocycles. The van der Waals surface area contributed by atoms with Crippen molar-refractivity contribution in [1.82, 2.24) is 4.37 Å². The van der Waals surface area contributed by atoms with E-state index >= 15 is 0 Å². The van der Waals surface area contributed by atoms with Gasteiger partial charge in [-0.1, -0.05) is 0 Å². The van der Waals surface area contributed by atoms with Crippen molar-refractivity contribution in [3.8, 4) is 0 Å². The summed E-state index contributed by atoms with van der Waals surface area (Å²) in [6.45, 7) is 3.13. The molecule has 0 amide bonds. The van der Waals surface area contributed by atoms with Crippen molar-refractivity contribution in [3.05, 3.63) is 17.1 Å². The smallest absolute Gasteiger partial charge is 0.158 e. The standard InChI is InChI=1S/C7H11FN2S/c1-5(9)7(2,8)6-3-4-10-11-6/h3-5H,9H2,1-2H3. The average molecular weight is 174 g/mol. The highest BCUT2D eigenvalue weighted by molar-refractivity contribution is 7.05. The van der Waals surface area contributed by atoms with Gasteiger partial charge in [0.25, 0.3) is 0 Å². The maximum atomic E-state index is 13.6. The van der Waals surface area contributed by atoms with Crippen LogP contribution in [0.5, 0.6) is 0 Å². The summed E-state index contributed by atoms with van der Waals surface area (Å²) < 4.78 is 17.4. The summed E-state index contributed by atoms with van der Waals surface area (Å²) in [7, 11) is 0. The molecule has 62 valence electrons. The van der Waals surface area contributed by atoms with Crippen LogP contribution < -0.4 is 5.73 Å². The maximum Gasteiger partial charge on any atom is 0.158 e. The molecule has 0 saturated carbocycles. The molecule has 0 aliphatic heterocycles. The van der Waals surface area contributed by atoms with Crippen LogP contribution >= 0.6 is 11.5 Å². The molecule has 1 aromatic rings. The first kappa shape index (κ1) is 8.62. The minimum absolute atomic E-state index is 0.497. The Balaban J connectivity index is 2.90. The third-order valence-corrected chi connectivity index (χ3v) is 2.73. The summed E-state index contributed by atoms with van der Waals surface area (Å²) in [5.74, 6) is 0. The average Bonchev–Trinajstić information content (AvgIpc) is 2.37. The van der Waals surface area contributed by atoms with Gasteiger partial charge in [0.15, 0.2) is 5.67 Å². The Labute approximate surface area is 69.4 Å². The molecule has 0 fully saturated rings. The topological polar surface area (TPSA) is 38.9 Å². The van der Waals surface area contributed by atoms with Crippen LogP contribution in [-0.4, -0.2) is 10.4 Å². The van der Waals surface area contributed by atoms with E-state index in [2.05, 4.69) is 4.37 Å². The summed E-state index contributed by atoms with van der Waals surface area (Å²) >= 11 is 1.15. The van der Waals surface area contributed by atoms with Crippen LogP contribution in [0.4, 0.5) is 4.39 Å². The van der Waals surface area contributed by atoms with Gasteiger partial charge >= 0.3 is 0 Å². The Bertz CT molecular complexity index is 218. The first-order chi connectivity index (χ1) is 5.05. The van der Waals surface area contributed by atoms with Gasteiger partial charge in [0.2, 0.25) is 0 Å². The Morgan fingerprint density at radius 1 is 1.82 bits per heavy atom. The van der Waals surface area contributed by atoms with Crippen molar-refractivity contribution in [2.24, 2.45) is 5.73 Å². The van der Waals surface area contributed by atoms with Crippen molar-refractivity contribution < 1.29 is 4.39 Å². The Morgan fingerprint density at radius 3 is 2.82 bits per heavy atom. The Hall–Kier alpha value is -0.480. The fourth-order valence-corrected chi connectivity index (χ4v) is 1.41. The molecule has 0 bridgehead atoms. The summed E-state index contributed by atoms with van der Waals surface area (Å²) in [6, 6.07) is 1.16. The molecular formula is C7H11FN2S. The molecule has 4 heteroatoms. The summed E-state index contributed by atoms with van der Waals surface area (Å²) in [4.78, 5) is 0.590. The molecule has 11 heavy (non-hydrogen) atoms. The quantitative estimate of drug-likeness (QED) is 0.740. The second kappa shape index (κ2) is 2.87. The van der Waals surface area contributed by atoms with Crippen molar-refractivity contribution in [2.45, 2.75) is 25.6 Å². The molecule has 0 saturated heterocycles. The molecule has 0 spiro atoms. The zero-order valence-corrected chi connectivity index (χ0v) is 7.36. The minimum Gasteiger partial charge on any atom is -0.325 e. The molecular weight excluding hydrogens is 163 g/mol. The predicted molar refractivity (Wildman–Crippen MR) is 44.2 cm³/mol. The monoisotopic (exact) mass is 174 g/mol.